The minimum atomic E-state index is -0.528. The molecule has 26 heavy (non-hydrogen) atoms. The van der Waals surface area contributed by atoms with Gasteiger partial charge in [0.2, 0.25) is 11.8 Å². The summed E-state index contributed by atoms with van der Waals surface area (Å²) in [6, 6.07) is 7.64. The zero-order chi connectivity index (χ0) is 18.7. The van der Waals surface area contributed by atoms with Crippen LogP contribution in [-0.2, 0) is 16.1 Å². The van der Waals surface area contributed by atoms with Gasteiger partial charge in [-0.15, -0.1) is 0 Å². The number of hydrogen-bond acceptors (Lipinski definition) is 3. The average Bonchev–Trinajstić information content (AvgIpc) is 2.98. The fourth-order valence-corrected chi connectivity index (χ4v) is 4.04. The largest absolute Gasteiger partial charge is 0.356 e. The molecule has 1 aromatic carbocycles. The lowest BCUT2D eigenvalue weighted by molar-refractivity contribution is -0.132. The van der Waals surface area contributed by atoms with Crippen molar-refractivity contribution in [2.45, 2.75) is 51.6 Å². The van der Waals surface area contributed by atoms with Crippen LogP contribution >= 0.6 is 0 Å². The molecule has 3 rings (SSSR count). The molecule has 0 aliphatic carbocycles. The number of fused-ring (bicyclic) bond motifs is 1. The number of nitrogens with one attached hydrogen (secondary N) is 1. The van der Waals surface area contributed by atoms with Crippen LogP contribution in [0.15, 0.2) is 24.3 Å². The van der Waals surface area contributed by atoms with Crippen LogP contribution in [0.1, 0.15) is 55.5 Å². The van der Waals surface area contributed by atoms with Gasteiger partial charge in [0.15, 0.2) is 0 Å². The average molecular weight is 357 g/mol. The van der Waals surface area contributed by atoms with Crippen molar-refractivity contribution in [2.24, 2.45) is 0 Å². The molecule has 0 spiro atoms. The molecule has 0 bridgehead atoms. The summed E-state index contributed by atoms with van der Waals surface area (Å²) in [5, 5.41) is 2.94. The summed E-state index contributed by atoms with van der Waals surface area (Å²) in [5.74, 6) is 0.0251. The van der Waals surface area contributed by atoms with Gasteiger partial charge >= 0.3 is 0 Å². The predicted octanol–water partition coefficient (Wildman–Crippen LogP) is 1.94. The molecule has 6 heteroatoms. The van der Waals surface area contributed by atoms with Gasteiger partial charge in [0.05, 0.1) is 12.0 Å². The molecule has 2 aliphatic heterocycles. The Morgan fingerprint density at radius 1 is 1.19 bits per heavy atom. The van der Waals surface area contributed by atoms with Crippen LogP contribution < -0.4 is 5.32 Å². The van der Waals surface area contributed by atoms with Crippen LogP contribution in [0.2, 0.25) is 0 Å². The number of carbonyl (C=O) groups is 3. The SMILES string of the molecule is CCCNC(=O)CC1(N2Cc3ccccc3C2=O)CCN(C(C)=O)CC1. The number of rotatable bonds is 5. The lowest BCUT2D eigenvalue weighted by Gasteiger charge is -2.47. The first-order chi connectivity index (χ1) is 12.5. The van der Waals surface area contributed by atoms with Gasteiger partial charge in [-0.3, -0.25) is 14.4 Å². The summed E-state index contributed by atoms with van der Waals surface area (Å²) in [6.07, 6.45) is 2.43. The van der Waals surface area contributed by atoms with Gasteiger partial charge in [-0.1, -0.05) is 25.1 Å². The van der Waals surface area contributed by atoms with Crippen LogP contribution in [0.3, 0.4) is 0 Å². The number of carbonyl (C=O) groups excluding carboxylic acids is 3. The summed E-state index contributed by atoms with van der Waals surface area (Å²) >= 11 is 0. The normalized spacial score (nSPS) is 18.6. The van der Waals surface area contributed by atoms with E-state index in [1.807, 2.05) is 36.1 Å². The van der Waals surface area contributed by atoms with Gasteiger partial charge in [-0.25, -0.2) is 0 Å². The van der Waals surface area contributed by atoms with Crippen molar-refractivity contribution in [1.82, 2.24) is 15.1 Å². The molecule has 1 N–H and O–H groups in total. The van der Waals surface area contributed by atoms with E-state index in [1.165, 1.54) is 0 Å². The van der Waals surface area contributed by atoms with E-state index in [4.69, 9.17) is 0 Å². The molecule has 1 fully saturated rings. The van der Waals surface area contributed by atoms with Gasteiger partial charge in [-0.05, 0) is 30.9 Å². The van der Waals surface area contributed by atoms with Crippen LogP contribution in [0, 0.1) is 0 Å². The zero-order valence-electron chi connectivity index (χ0n) is 15.6. The Morgan fingerprint density at radius 3 is 2.50 bits per heavy atom. The molecule has 0 saturated carbocycles. The molecule has 2 aliphatic rings. The van der Waals surface area contributed by atoms with Crippen LogP contribution in [0.4, 0.5) is 0 Å². The van der Waals surface area contributed by atoms with Gasteiger partial charge in [-0.2, -0.15) is 0 Å². The van der Waals surface area contributed by atoms with E-state index in [-0.39, 0.29) is 17.7 Å². The zero-order valence-corrected chi connectivity index (χ0v) is 15.6. The maximum Gasteiger partial charge on any atom is 0.254 e. The predicted molar refractivity (Wildman–Crippen MR) is 98.5 cm³/mol. The second-order valence-corrected chi connectivity index (χ2v) is 7.31. The minimum Gasteiger partial charge on any atom is -0.356 e. The Kier molecular flexibility index (Phi) is 5.30. The smallest absolute Gasteiger partial charge is 0.254 e. The van der Waals surface area contributed by atoms with Crippen LogP contribution in [0.5, 0.6) is 0 Å². The molecule has 3 amide bonds. The summed E-state index contributed by atoms with van der Waals surface area (Å²) < 4.78 is 0. The van der Waals surface area contributed by atoms with Crippen molar-refractivity contribution in [2.75, 3.05) is 19.6 Å². The first kappa shape index (κ1) is 18.4. The van der Waals surface area contributed by atoms with E-state index < -0.39 is 5.54 Å². The Labute approximate surface area is 154 Å². The lowest BCUT2D eigenvalue weighted by atomic mass is 9.82. The maximum absolute atomic E-state index is 13.0. The highest BCUT2D eigenvalue weighted by atomic mass is 16.2. The fraction of sp³-hybridized carbons (Fsp3) is 0.550. The summed E-state index contributed by atoms with van der Waals surface area (Å²) in [5.41, 5.74) is 1.22. The number of benzene rings is 1. The van der Waals surface area contributed by atoms with E-state index >= 15 is 0 Å². The Hall–Kier alpha value is -2.37. The molecular weight excluding hydrogens is 330 g/mol. The third kappa shape index (κ3) is 3.45. The third-order valence-electron chi connectivity index (χ3n) is 5.60. The third-order valence-corrected chi connectivity index (χ3v) is 5.60. The quantitative estimate of drug-likeness (QED) is 0.875. The monoisotopic (exact) mass is 357 g/mol. The Balaban J connectivity index is 1.84. The van der Waals surface area contributed by atoms with E-state index in [0.29, 0.717) is 45.4 Å². The number of hydrogen-bond donors (Lipinski definition) is 1. The standard InChI is InChI=1S/C20H27N3O3/c1-3-10-21-18(25)13-20(8-11-22(12-9-20)15(2)24)23-14-16-6-4-5-7-17(16)19(23)26/h4-7H,3,8-14H2,1-2H3,(H,21,25). The molecule has 1 aromatic rings. The number of amides is 3. The van der Waals surface area contributed by atoms with Gasteiger partial charge < -0.3 is 15.1 Å². The van der Waals surface area contributed by atoms with Crippen LogP contribution in [0.25, 0.3) is 0 Å². The lowest BCUT2D eigenvalue weighted by Crippen LogP contribution is -2.57. The summed E-state index contributed by atoms with van der Waals surface area (Å²) in [4.78, 5) is 40.9. The summed E-state index contributed by atoms with van der Waals surface area (Å²) in [6.45, 7) is 5.92. The van der Waals surface area contributed by atoms with Gasteiger partial charge in [0, 0.05) is 38.7 Å². The molecule has 0 aromatic heterocycles. The first-order valence-electron chi connectivity index (χ1n) is 9.39. The first-order valence-corrected chi connectivity index (χ1v) is 9.39. The van der Waals surface area contributed by atoms with Crippen molar-refractivity contribution in [3.8, 4) is 0 Å². The fourth-order valence-electron chi connectivity index (χ4n) is 4.04. The Morgan fingerprint density at radius 2 is 1.88 bits per heavy atom. The Bertz CT molecular complexity index is 708. The molecule has 0 atom stereocenters. The molecule has 0 radical (unpaired) electrons. The van der Waals surface area contributed by atoms with E-state index in [1.54, 1.807) is 11.8 Å². The van der Waals surface area contributed by atoms with Crippen molar-refractivity contribution in [3.05, 3.63) is 35.4 Å². The van der Waals surface area contributed by atoms with E-state index in [0.717, 1.165) is 17.5 Å². The second-order valence-electron chi connectivity index (χ2n) is 7.31. The number of piperidine rings is 1. The highest BCUT2D eigenvalue weighted by Crippen LogP contribution is 2.38. The molecule has 140 valence electrons. The van der Waals surface area contributed by atoms with Gasteiger partial charge in [0.1, 0.15) is 0 Å². The van der Waals surface area contributed by atoms with Crippen molar-refractivity contribution in [3.63, 3.8) is 0 Å². The molecule has 6 nitrogen and oxygen atoms in total. The topological polar surface area (TPSA) is 69.7 Å². The molecule has 0 unspecified atom stereocenters. The van der Waals surface area contributed by atoms with Crippen molar-refractivity contribution in [1.29, 1.82) is 0 Å². The maximum atomic E-state index is 13.0. The van der Waals surface area contributed by atoms with E-state index in [9.17, 15) is 14.4 Å². The van der Waals surface area contributed by atoms with Crippen molar-refractivity contribution < 1.29 is 14.4 Å². The molecular formula is C20H27N3O3. The minimum absolute atomic E-state index is 0.000154. The van der Waals surface area contributed by atoms with Crippen molar-refractivity contribution >= 4 is 17.7 Å². The molecule has 2 heterocycles. The van der Waals surface area contributed by atoms with Gasteiger partial charge in [0.25, 0.3) is 5.91 Å². The number of likely N-dealkylation sites (tertiary alicyclic amines) is 1. The van der Waals surface area contributed by atoms with E-state index in [2.05, 4.69) is 5.32 Å². The molecule has 1 saturated heterocycles. The van der Waals surface area contributed by atoms with Crippen LogP contribution in [-0.4, -0.2) is 52.7 Å². The second kappa shape index (κ2) is 7.48. The highest BCUT2D eigenvalue weighted by Gasteiger charge is 2.47. The number of nitrogens with zero attached hydrogens (tertiary/aromatic N) is 2. The highest BCUT2D eigenvalue weighted by molar-refractivity contribution is 5.99. The summed E-state index contributed by atoms with van der Waals surface area (Å²) in [7, 11) is 0.